The lowest BCUT2D eigenvalue weighted by molar-refractivity contribution is 0.215. The topological polar surface area (TPSA) is 70.4 Å². The zero-order chi connectivity index (χ0) is 19.5. The maximum atomic E-state index is 4.66. The molecule has 0 aliphatic heterocycles. The Balaban J connectivity index is 0.00000392. The summed E-state index contributed by atoms with van der Waals surface area (Å²) in [5.41, 5.74) is 1.36. The second kappa shape index (κ2) is 13.5. The van der Waals surface area contributed by atoms with Gasteiger partial charge in [-0.05, 0) is 32.0 Å². The Morgan fingerprint density at radius 1 is 1.14 bits per heavy atom. The summed E-state index contributed by atoms with van der Waals surface area (Å²) in [6, 6.07) is 11.1. The summed E-state index contributed by atoms with van der Waals surface area (Å²) in [6.07, 6.45) is 2.57. The molecule has 0 aliphatic rings. The molecule has 1 heterocycles. The standard InChI is InChI=1S/C20H33N7.HI/c1-5-21-20(23-15-19-24-16-25-26(19)4)22-14-18(27(6-2)7-3)13-17-11-9-8-10-12-17;/h8-12,16,18H,5-7,13-15H2,1-4H3,(H2,21,22,23);1H. The van der Waals surface area contributed by atoms with Crippen molar-refractivity contribution < 1.29 is 0 Å². The molecule has 8 heteroatoms. The first-order chi connectivity index (χ1) is 13.2. The number of rotatable bonds is 10. The minimum absolute atomic E-state index is 0. The number of halogens is 1. The number of aryl methyl sites for hydroxylation is 1. The van der Waals surface area contributed by atoms with E-state index in [4.69, 9.17) is 0 Å². The van der Waals surface area contributed by atoms with Crippen molar-refractivity contribution in [2.24, 2.45) is 12.0 Å². The van der Waals surface area contributed by atoms with Gasteiger partial charge in [0.2, 0.25) is 0 Å². The van der Waals surface area contributed by atoms with E-state index in [-0.39, 0.29) is 24.0 Å². The number of hydrogen-bond donors (Lipinski definition) is 2. The molecule has 0 radical (unpaired) electrons. The molecule has 0 spiro atoms. The molecule has 0 fully saturated rings. The fourth-order valence-corrected chi connectivity index (χ4v) is 3.13. The summed E-state index contributed by atoms with van der Waals surface area (Å²) in [5, 5.41) is 10.9. The van der Waals surface area contributed by atoms with Crippen molar-refractivity contribution in [3.8, 4) is 0 Å². The van der Waals surface area contributed by atoms with Gasteiger partial charge in [0.1, 0.15) is 18.7 Å². The molecule has 2 rings (SSSR count). The highest BCUT2D eigenvalue weighted by Crippen LogP contribution is 2.08. The third-order valence-corrected chi connectivity index (χ3v) is 4.68. The molecule has 1 aromatic carbocycles. The van der Waals surface area contributed by atoms with Gasteiger partial charge in [-0.3, -0.25) is 9.58 Å². The lowest BCUT2D eigenvalue weighted by Gasteiger charge is -2.30. The van der Waals surface area contributed by atoms with Crippen LogP contribution in [0, 0.1) is 0 Å². The van der Waals surface area contributed by atoms with E-state index in [1.807, 2.05) is 7.05 Å². The van der Waals surface area contributed by atoms with Gasteiger partial charge >= 0.3 is 0 Å². The molecule has 0 bridgehead atoms. The first kappa shape index (κ1) is 24.4. The number of aliphatic imine (C=N–C) groups is 1. The smallest absolute Gasteiger partial charge is 0.191 e. The van der Waals surface area contributed by atoms with Gasteiger partial charge in [0.15, 0.2) is 5.96 Å². The third kappa shape index (κ3) is 7.75. The number of nitrogens with one attached hydrogen (secondary N) is 2. The highest BCUT2D eigenvalue weighted by Gasteiger charge is 2.17. The number of guanidine groups is 1. The van der Waals surface area contributed by atoms with Crippen LogP contribution in [-0.2, 0) is 20.0 Å². The minimum atomic E-state index is 0. The number of aromatic nitrogens is 3. The molecule has 2 N–H and O–H groups in total. The van der Waals surface area contributed by atoms with Gasteiger partial charge in [-0.1, -0.05) is 44.2 Å². The van der Waals surface area contributed by atoms with Crippen LogP contribution in [0.2, 0.25) is 0 Å². The van der Waals surface area contributed by atoms with Crippen molar-refractivity contribution in [3.05, 3.63) is 48.0 Å². The summed E-state index contributed by atoms with van der Waals surface area (Å²) in [6.45, 7) is 10.7. The van der Waals surface area contributed by atoms with Crippen LogP contribution in [0.15, 0.2) is 41.7 Å². The van der Waals surface area contributed by atoms with Crippen LogP contribution >= 0.6 is 24.0 Å². The van der Waals surface area contributed by atoms with Crippen molar-refractivity contribution in [3.63, 3.8) is 0 Å². The Bertz CT molecular complexity index is 683. The van der Waals surface area contributed by atoms with Crippen molar-refractivity contribution >= 4 is 29.9 Å². The first-order valence-corrected chi connectivity index (χ1v) is 9.80. The first-order valence-electron chi connectivity index (χ1n) is 9.80. The van der Waals surface area contributed by atoms with Gasteiger partial charge < -0.3 is 10.6 Å². The summed E-state index contributed by atoms with van der Waals surface area (Å²) < 4.78 is 1.75. The zero-order valence-corrected chi connectivity index (χ0v) is 19.8. The summed E-state index contributed by atoms with van der Waals surface area (Å²) >= 11 is 0. The van der Waals surface area contributed by atoms with Crippen LogP contribution in [0.5, 0.6) is 0 Å². The number of nitrogens with zero attached hydrogens (tertiary/aromatic N) is 5. The van der Waals surface area contributed by atoms with Crippen LogP contribution in [0.25, 0.3) is 0 Å². The average molecular weight is 499 g/mol. The van der Waals surface area contributed by atoms with E-state index in [0.717, 1.165) is 44.4 Å². The third-order valence-electron chi connectivity index (χ3n) is 4.68. The lowest BCUT2D eigenvalue weighted by atomic mass is 10.0. The Hall–Kier alpha value is -1.68. The Morgan fingerprint density at radius 3 is 2.43 bits per heavy atom. The second-order valence-corrected chi connectivity index (χ2v) is 6.44. The average Bonchev–Trinajstić information content (AvgIpc) is 3.10. The summed E-state index contributed by atoms with van der Waals surface area (Å²) in [7, 11) is 1.88. The van der Waals surface area contributed by atoms with E-state index in [9.17, 15) is 0 Å². The maximum Gasteiger partial charge on any atom is 0.191 e. The molecule has 0 aliphatic carbocycles. The number of likely N-dealkylation sites (N-methyl/N-ethyl adjacent to an activating group) is 1. The monoisotopic (exact) mass is 499 g/mol. The molecule has 1 aromatic heterocycles. The normalized spacial score (nSPS) is 12.5. The van der Waals surface area contributed by atoms with Gasteiger partial charge in [0.25, 0.3) is 0 Å². The fourth-order valence-electron chi connectivity index (χ4n) is 3.13. The summed E-state index contributed by atoms with van der Waals surface area (Å²) in [4.78, 5) is 11.4. The van der Waals surface area contributed by atoms with Gasteiger partial charge in [0.05, 0.1) is 0 Å². The molecule has 0 saturated heterocycles. The van der Waals surface area contributed by atoms with E-state index in [0.29, 0.717) is 12.6 Å². The molecular weight excluding hydrogens is 465 g/mol. The SMILES string of the molecule is CCNC(=NCc1ncnn1C)NCC(Cc1ccccc1)N(CC)CC.I. The van der Waals surface area contributed by atoms with Crippen LogP contribution in [0.4, 0.5) is 0 Å². The van der Waals surface area contributed by atoms with E-state index >= 15 is 0 Å². The number of benzene rings is 1. The van der Waals surface area contributed by atoms with Gasteiger partial charge in [-0.15, -0.1) is 24.0 Å². The van der Waals surface area contributed by atoms with Crippen molar-refractivity contribution in [2.45, 2.75) is 39.8 Å². The van der Waals surface area contributed by atoms with Crippen LogP contribution in [-0.4, -0.2) is 57.8 Å². The van der Waals surface area contributed by atoms with Crippen molar-refractivity contribution in [1.82, 2.24) is 30.3 Å². The Labute approximate surface area is 186 Å². The fraction of sp³-hybridized carbons (Fsp3) is 0.550. The molecular formula is C20H34IN7. The molecule has 156 valence electrons. The van der Waals surface area contributed by atoms with E-state index in [2.05, 4.69) is 81.7 Å². The van der Waals surface area contributed by atoms with Crippen LogP contribution < -0.4 is 10.6 Å². The van der Waals surface area contributed by atoms with Gasteiger partial charge in [-0.2, -0.15) is 5.10 Å². The molecule has 0 saturated carbocycles. The molecule has 7 nitrogen and oxygen atoms in total. The van der Waals surface area contributed by atoms with Crippen LogP contribution in [0.3, 0.4) is 0 Å². The van der Waals surface area contributed by atoms with Gasteiger partial charge in [-0.25, -0.2) is 9.98 Å². The molecule has 2 aromatic rings. The largest absolute Gasteiger partial charge is 0.357 e. The van der Waals surface area contributed by atoms with Gasteiger partial charge in [0, 0.05) is 26.2 Å². The van der Waals surface area contributed by atoms with E-state index in [1.54, 1.807) is 11.0 Å². The predicted octanol–water partition coefficient (Wildman–Crippen LogP) is 2.44. The molecule has 0 amide bonds. The predicted molar refractivity (Wildman–Crippen MR) is 126 cm³/mol. The Morgan fingerprint density at radius 2 is 1.86 bits per heavy atom. The van der Waals surface area contributed by atoms with Crippen molar-refractivity contribution in [1.29, 1.82) is 0 Å². The molecule has 28 heavy (non-hydrogen) atoms. The Kier molecular flexibility index (Phi) is 11.7. The van der Waals surface area contributed by atoms with E-state index < -0.39 is 0 Å². The number of hydrogen-bond acceptors (Lipinski definition) is 4. The summed E-state index contributed by atoms with van der Waals surface area (Å²) in [5.74, 6) is 1.66. The van der Waals surface area contributed by atoms with Crippen molar-refractivity contribution in [2.75, 3.05) is 26.2 Å². The maximum absolute atomic E-state index is 4.66. The van der Waals surface area contributed by atoms with Crippen LogP contribution in [0.1, 0.15) is 32.2 Å². The molecule has 1 unspecified atom stereocenters. The molecule has 1 atom stereocenters. The van der Waals surface area contributed by atoms with E-state index in [1.165, 1.54) is 5.56 Å². The quantitative estimate of drug-likeness (QED) is 0.299. The second-order valence-electron chi connectivity index (χ2n) is 6.44. The lowest BCUT2D eigenvalue weighted by Crippen LogP contribution is -2.48. The minimum Gasteiger partial charge on any atom is -0.357 e. The highest BCUT2D eigenvalue weighted by atomic mass is 127. The highest BCUT2D eigenvalue weighted by molar-refractivity contribution is 14.0. The zero-order valence-electron chi connectivity index (χ0n) is 17.4.